The molecule has 0 aliphatic heterocycles. The van der Waals surface area contributed by atoms with Crippen LogP contribution in [-0.4, -0.2) is 0 Å². The lowest BCUT2D eigenvalue weighted by atomic mass is 10.1. The third-order valence-electron chi connectivity index (χ3n) is 2.39. The van der Waals surface area contributed by atoms with Crippen molar-refractivity contribution in [1.82, 2.24) is 0 Å². The maximum atomic E-state index is 3.90. The minimum Gasteiger partial charge on any atom is -0.0958 e. The molecule has 0 unspecified atom stereocenters. The van der Waals surface area contributed by atoms with E-state index >= 15 is 0 Å². The van der Waals surface area contributed by atoms with Crippen LogP contribution in [0.3, 0.4) is 0 Å². The van der Waals surface area contributed by atoms with E-state index in [1.54, 1.807) is 0 Å². The minimum absolute atomic E-state index is 0.806. The molecule has 0 atom stereocenters. The standard InChI is InChI=1S/C17H18.C2H6/c1-5-14(2)6-7-15(3)8-11-17-12-9-16(4)10-13-17;1-2/h6-7,9-10,12-13H,2-3,5H2,1,4H3;1-2H3/b7-6-;. The summed E-state index contributed by atoms with van der Waals surface area (Å²) in [7, 11) is 0. The van der Waals surface area contributed by atoms with Gasteiger partial charge >= 0.3 is 0 Å². The SMILES string of the molecule is C=C(C#Cc1ccc(C)cc1)/C=C\C(=C)CC.CC. The lowest BCUT2D eigenvalue weighted by molar-refractivity contribution is 1.16. The van der Waals surface area contributed by atoms with E-state index in [1.165, 1.54) is 5.56 Å². The van der Waals surface area contributed by atoms with E-state index < -0.39 is 0 Å². The van der Waals surface area contributed by atoms with Crippen LogP contribution in [0.1, 0.15) is 38.3 Å². The van der Waals surface area contributed by atoms with E-state index in [0.29, 0.717) is 0 Å². The predicted molar refractivity (Wildman–Crippen MR) is 87.1 cm³/mol. The van der Waals surface area contributed by atoms with Gasteiger partial charge in [0, 0.05) is 11.1 Å². The molecule has 0 fully saturated rings. The zero-order chi connectivity index (χ0) is 14.7. The van der Waals surface area contributed by atoms with Gasteiger partial charge in [-0.15, -0.1) is 0 Å². The molecule has 0 aliphatic carbocycles. The van der Waals surface area contributed by atoms with Crippen LogP contribution >= 0.6 is 0 Å². The highest BCUT2D eigenvalue weighted by Crippen LogP contribution is 2.03. The molecule has 1 aromatic carbocycles. The smallest absolute Gasteiger partial charge is 0.0249 e. The molecule has 0 bridgehead atoms. The maximum Gasteiger partial charge on any atom is 0.0249 e. The van der Waals surface area contributed by atoms with E-state index in [9.17, 15) is 0 Å². The fourth-order valence-corrected chi connectivity index (χ4v) is 1.17. The van der Waals surface area contributed by atoms with Crippen molar-refractivity contribution in [2.24, 2.45) is 0 Å². The van der Waals surface area contributed by atoms with Gasteiger partial charge in [-0.2, -0.15) is 0 Å². The highest BCUT2D eigenvalue weighted by atomic mass is 13.9. The molecule has 0 radical (unpaired) electrons. The molecular weight excluding hydrogens is 228 g/mol. The lowest BCUT2D eigenvalue weighted by Gasteiger charge is -1.92. The van der Waals surface area contributed by atoms with Crippen molar-refractivity contribution < 1.29 is 0 Å². The molecule has 1 rings (SSSR count). The van der Waals surface area contributed by atoms with Crippen molar-refractivity contribution in [3.05, 3.63) is 71.8 Å². The fraction of sp³-hybridized carbons (Fsp3) is 0.263. The Kier molecular flexibility index (Phi) is 8.92. The third kappa shape index (κ3) is 7.84. The van der Waals surface area contributed by atoms with E-state index in [4.69, 9.17) is 0 Å². The first-order valence-corrected chi connectivity index (χ1v) is 6.75. The second-order valence-electron chi connectivity index (χ2n) is 3.99. The first kappa shape index (κ1) is 17.0. The molecule has 0 saturated heterocycles. The van der Waals surface area contributed by atoms with Crippen LogP contribution in [0.4, 0.5) is 0 Å². The van der Waals surface area contributed by atoms with E-state index in [2.05, 4.69) is 51.0 Å². The zero-order valence-electron chi connectivity index (χ0n) is 12.6. The monoisotopic (exact) mass is 252 g/mol. The van der Waals surface area contributed by atoms with Gasteiger partial charge < -0.3 is 0 Å². The van der Waals surface area contributed by atoms with E-state index in [-0.39, 0.29) is 0 Å². The van der Waals surface area contributed by atoms with Crippen molar-refractivity contribution in [2.45, 2.75) is 34.1 Å². The topological polar surface area (TPSA) is 0 Å². The highest BCUT2D eigenvalue weighted by molar-refractivity contribution is 5.45. The summed E-state index contributed by atoms with van der Waals surface area (Å²) in [5.41, 5.74) is 4.15. The summed E-state index contributed by atoms with van der Waals surface area (Å²) < 4.78 is 0. The minimum atomic E-state index is 0.806. The molecule has 1 aromatic rings. The summed E-state index contributed by atoms with van der Waals surface area (Å²) in [6.45, 7) is 15.9. The predicted octanol–water partition coefficient (Wildman–Crippen LogP) is 5.45. The van der Waals surface area contributed by atoms with E-state index in [0.717, 1.165) is 23.1 Å². The molecule has 0 amide bonds. The fourth-order valence-electron chi connectivity index (χ4n) is 1.17. The summed E-state index contributed by atoms with van der Waals surface area (Å²) in [6, 6.07) is 8.15. The Bertz CT molecular complexity index is 487. The number of hydrogen-bond donors (Lipinski definition) is 0. The van der Waals surface area contributed by atoms with Gasteiger partial charge in [0.2, 0.25) is 0 Å². The van der Waals surface area contributed by atoms with Gasteiger partial charge in [-0.05, 0) is 31.6 Å². The first-order chi connectivity index (χ1) is 9.11. The number of benzene rings is 1. The third-order valence-corrected chi connectivity index (χ3v) is 2.39. The maximum absolute atomic E-state index is 3.90. The molecule has 0 nitrogen and oxygen atoms in total. The van der Waals surface area contributed by atoms with Gasteiger partial charge in [-0.3, -0.25) is 0 Å². The Balaban J connectivity index is 0.00000154. The van der Waals surface area contributed by atoms with Crippen LogP contribution in [0.2, 0.25) is 0 Å². The van der Waals surface area contributed by atoms with Crippen molar-refractivity contribution in [2.75, 3.05) is 0 Å². The number of allylic oxidation sites excluding steroid dienone is 4. The van der Waals surface area contributed by atoms with Crippen LogP contribution in [0.5, 0.6) is 0 Å². The quantitative estimate of drug-likeness (QED) is 0.495. The molecular formula is C19H24. The molecule has 0 heterocycles. The molecule has 0 spiro atoms. The molecule has 19 heavy (non-hydrogen) atoms. The molecule has 0 saturated carbocycles. The Hall–Kier alpha value is -2.00. The van der Waals surface area contributed by atoms with E-state index in [1.807, 2.05) is 38.1 Å². The normalized spacial score (nSPS) is 9.05. The summed E-state index contributed by atoms with van der Waals surface area (Å²) >= 11 is 0. The van der Waals surface area contributed by atoms with Crippen molar-refractivity contribution in [3.8, 4) is 11.8 Å². The summed E-state index contributed by atoms with van der Waals surface area (Å²) in [5, 5.41) is 0. The molecule has 0 aliphatic rings. The number of hydrogen-bond acceptors (Lipinski definition) is 0. The number of aryl methyl sites for hydroxylation is 1. The molecule has 0 aromatic heterocycles. The van der Waals surface area contributed by atoms with Gasteiger partial charge in [0.15, 0.2) is 0 Å². The summed E-state index contributed by atoms with van der Waals surface area (Å²) in [4.78, 5) is 0. The Morgan fingerprint density at radius 2 is 1.68 bits per heavy atom. The van der Waals surface area contributed by atoms with Crippen LogP contribution in [0.25, 0.3) is 0 Å². The van der Waals surface area contributed by atoms with Crippen LogP contribution < -0.4 is 0 Å². The van der Waals surface area contributed by atoms with Gasteiger partial charge in [0.25, 0.3) is 0 Å². The highest BCUT2D eigenvalue weighted by Gasteiger charge is 1.86. The molecule has 0 N–H and O–H groups in total. The largest absolute Gasteiger partial charge is 0.0958 e. The second-order valence-corrected chi connectivity index (χ2v) is 3.99. The van der Waals surface area contributed by atoms with Crippen molar-refractivity contribution in [3.63, 3.8) is 0 Å². The number of rotatable bonds is 3. The summed E-state index contributed by atoms with van der Waals surface area (Å²) in [6.07, 6.45) is 4.83. The van der Waals surface area contributed by atoms with Crippen LogP contribution in [0.15, 0.2) is 60.7 Å². The van der Waals surface area contributed by atoms with Crippen molar-refractivity contribution >= 4 is 0 Å². The zero-order valence-corrected chi connectivity index (χ0v) is 12.6. The lowest BCUT2D eigenvalue weighted by Crippen LogP contribution is -1.76. The van der Waals surface area contributed by atoms with Crippen molar-refractivity contribution in [1.29, 1.82) is 0 Å². The van der Waals surface area contributed by atoms with Crippen LogP contribution in [-0.2, 0) is 0 Å². The van der Waals surface area contributed by atoms with Gasteiger partial charge in [0.05, 0.1) is 0 Å². The van der Waals surface area contributed by atoms with Gasteiger partial charge in [0.1, 0.15) is 0 Å². The second kappa shape index (κ2) is 9.97. The Labute approximate surface area is 118 Å². The van der Waals surface area contributed by atoms with Crippen LogP contribution in [0, 0.1) is 18.8 Å². The molecule has 100 valence electrons. The Morgan fingerprint density at radius 3 is 2.21 bits per heavy atom. The average Bonchev–Trinajstić information content (AvgIpc) is 2.46. The van der Waals surface area contributed by atoms with Gasteiger partial charge in [-0.1, -0.05) is 75.1 Å². The first-order valence-electron chi connectivity index (χ1n) is 6.75. The summed E-state index contributed by atoms with van der Waals surface area (Å²) in [5.74, 6) is 6.11. The average molecular weight is 252 g/mol. The molecule has 0 heteroatoms. The van der Waals surface area contributed by atoms with Gasteiger partial charge in [-0.25, -0.2) is 0 Å². The Morgan fingerprint density at radius 1 is 1.11 bits per heavy atom.